The maximum atomic E-state index is 12.8. The van der Waals surface area contributed by atoms with Gasteiger partial charge in [-0.25, -0.2) is 4.79 Å². The van der Waals surface area contributed by atoms with Crippen molar-refractivity contribution in [2.75, 3.05) is 7.11 Å². The number of nitrogens with zero attached hydrogens (tertiary/aromatic N) is 2. The summed E-state index contributed by atoms with van der Waals surface area (Å²) >= 11 is 0. The highest BCUT2D eigenvalue weighted by Crippen LogP contribution is 2.28. The molecule has 0 unspecified atom stereocenters. The van der Waals surface area contributed by atoms with E-state index in [1.807, 2.05) is 42.5 Å². The lowest BCUT2D eigenvalue weighted by molar-refractivity contribution is 0.0277. The maximum Gasteiger partial charge on any atom is 0.342 e. The van der Waals surface area contributed by atoms with Crippen molar-refractivity contribution in [2.45, 2.75) is 13.0 Å². The van der Waals surface area contributed by atoms with E-state index in [9.17, 15) is 4.79 Å². The SMILES string of the molecule is COc1ccc(-c2nnc([C@H](C)OC(=O)c3ccccc3Oc3ccccc3)o2)cc1. The molecular weight excluding hydrogens is 396 g/mol. The molecule has 4 aromatic rings. The summed E-state index contributed by atoms with van der Waals surface area (Å²) in [7, 11) is 1.60. The van der Waals surface area contributed by atoms with Crippen LogP contribution in [0.3, 0.4) is 0 Å². The van der Waals surface area contributed by atoms with Crippen molar-refractivity contribution in [3.05, 3.63) is 90.3 Å². The Morgan fingerprint density at radius 1 is 0.871 bits per heavy atom. The molecule has 0 spiro atoms. The molecule has 0 N–H and O–H groups in total. The summed E-state index contributed by atoms with van der Waals surface area (Å²) in [5, 5.41) is 8.06. The van der Waals surface area contributed by atoms with E-state index in [1.165, 1.54) is 0 Å². The van der Waals surface area contributed by atoms with E-state index in [0.717, 1.165) is 11.3 Å². The molecular formula is C24H20N2O5. The minimum Gasteiger partial charge on any atom is -0.497 e. The minimum absolute atomic E-state index is 0.195. The van der Waals surface area contributed by atoms with Crippen molar-refractivity contribution >= 4 is 5.97 Å². The van der Waals surface area contributed by atoms with Crippen LogP contribution < -0.4 is 9.47 Å². The summed E-state index contributed by atoms with van der Waals surface area (Å²) in [5.74, 6) is 1.71. The molecule has 1 heterocycles. The molecule has 1 aromatic heterocycles. The summed E-state index contributed by atoms with van der Waals surface area (Å²) in [5.41, 5.74) is 1.03. The van der Waals surface area contributed by atoms with E-state index in [4.69, 9.17) is 18.6 Å². The highest BCUT2D eigenvalue weighted by molar-refractivity contribution is 5.92. The number of benzene rings is 3. The molecule has 0 fully saturated rings. The molecule has 0 saturated carbocycles. The number of para-hydroxylation sites is 2. The molecule has 7 heteroatoms. The van der Waals surface area contributed by atoms with Crippen molar-refractivity contribution < 1.29 is 23.4 Å². The Morgan fingerprint density at radius 2 is 1.58 bits per heavy atom. The molecule has 0 amide bonds. The standard InChI is InChI=1S/C24H20N2O5/c1-16(22-25-26-23(31-22)17-12-14-18(28-2)15-13-17)29-24(27)20-10-6-7-11-21(20)30-19-8-4-3-5-9-19/h3-16H,1-2H3/t16-/m0/s1. The molecule has 31 heavy (non-hydrogen) atoms. The van der Waals surface area contributed by atoms with Gasteiger partial charge in [0.1, 0.15) is 22.8 Å². The first-order valence-corrected chi connectivity index (χ1v) is 9.65. The van der Waals surface area contributed by atoms with E-state index in [-0.39, 0.29) is 5.89 Å². The molecule has 156 valence electrons. The van der Waals surface area contributed by atoms with Crippen LogP contribution >= 0.6 is 0 Å². The van der Waals surface area contributed by atoms with Crippen LogP contribution in [0.15, 0.2) is 83.3 Å². The number of hydrogen-bond acceptors (Lipinski definition) is 7. The normalized spacial score (nSPS) is 11.5. The van der Waals surface area contributed by atoms with Crippen molar-refractivity contribution in [3.63, 3.8) is 0 Å². The summed E-state index contributed by atoms with van der Waals surface area (Å²) in [6.45, 7) is 1.67. The quantitative estimate of drug-likeness (QED) is 0.370. The van der Waals surface area contributed by atoms with Crippen molar-refractivity contribution in [2.24, 2.45) is 0 Å². The fraction of sp³-hybridized carbons (Fsp3) is 0.125. The predicted molar refractivity (Wildman–Crippen MR) is 113 cm³/mol. The van der Waals surface area contributed by atoms with Gasteiger partial charge in [-0.2, -0.15) is 0 Å². The second kappa shape index (κ2) is 9.13. The van der Waals surface area contributed by atoms with Gasteiger partial charge in [0.2, 0.25) is 5.89 Å². The van der Waals surface area contributed by atoms with Crippen LogP contribution in [0.2, 0.25) is 0 Å². The number of aromatic nitrogens is 2. The fourth-order valence-corrected chi connectivity index (χ4v) is 2.86. The van der Waals surface area contributed by atoms with Gasteiger partial charge in [-0.3, -0.25) is 0 Å². The van der Waals surface area contributed by atoms with Crippen LogP contribution in [-0.4, -0.2) is 23.3 Å². The van der Waals surface area contributed by atoms with E-state index >= 15 is 0 Å². The van der Waals surface area contributed by atoms with Crippen molar-refractivity contribution in [1.82, 2.24) is 10.2 Å². The molecule has 7 nitrogen and oxygen atoms in total. The van der Waals surface area contributed by atoms with Gasteiger partial charge >= 0.3 is 5.97 Å². The largest absolute Gasteiger partial charge is 0.497 e. The minimum atomic E-state index is -0.739. The molecule has 3 aromatic carbocycles. The lowest BCUT2D eigenvalue weighted by Gasteiger charge is -2.13. The zero-order valence-corrected chi connectivity index (χ0v) is 17.0. The van der Waals surface area contributed by atoms with E-state index in [2.05, 4.69) is 10.2 Å². The number of carbonyl (C=O) groups excluding carboxylic acids is 1. The third kappa shape index (κ3) is 4.72. The van der Waals surface area contributed by atoms with Crippen molar-refractivity contribution in [3.8, 4) is 28.7 Å². The van der Waals surface area contributed by atoms with Gasteiger partial charge in [0.15, 0.2) is 6.10 Å². The molecule has 0 radical (unpaired) electrons. The number of methoxy groups -OCH3 is 1. The Bertz CT molecular complexity index is 1160. The monoisotopic (exact) mass is 416 g/mol. The van der Waals surface area contributed by atoms with E-state index < -0.39 is 12.1 Å². The first kappa shape index (κ1) is 20.2. The Labute approximate surface area is 179 Å². The van der Waals surface area contributed by atoms with Crippen LogP contribution in [0.5, 0.6) is 17.2 Å². The van der Waals surface area contributed by atoms with Gasteiger partial charge < -0.3 is 18.6 Å². The summed E-state index contributed by atoms with van der Waals surface area (Å²) in [6.07, 6.45) is -0.739. The van der Waals surface area contributed by atoms with E-state index in [1.54, 1.807) is 50.4 Å². The molecule has 0 saturated heterocycles. The average molecular weight is 416 g/mol. The highest BCUT2D eigenvalue weighted by Gasteiger charge is 2.22. The van der Waals surface area contributed by atoms with Crippen LogP contribution in [0, 0.1) is 0 Å². The van der Waals surface area contributed by atoms with Crippen molar-refractivity contribution in [1.29, 1.82) is 0 Å². The molecule has 1 atom stereocenters. The Balaban J connectivity index is 1.47. The number of rotatable bonds is 7. The van der Waals surface area contributed by atoms with Crippen LogP contribution in [-0.2, 0) is 4.74 Å². The van der Waals surface area contributed by atoms with Gasteiger partial charge in [0.25, 0.3) is 5.89 Å². The Kier molecular flexibility index (Phi) is 5.93. The average Bonchev–Trinajstić information content (AvgIpc) is 3.31. The Hall–Kier alpha value is -4.13. The van der Waals surface area contributed by atoms with Gasteiger partial charge in [-0.1, -0.05) is 30.3 Å². The van der Waals surface area contributed by atoms with Crippen LogP contribution in [0.25, 0.3) is 11.5 Å². The first-order chi connectivity index (χ1) is 15.1. The van der Waals surface area contributed by atoms with Gasteiger partial charge in [-0.05, 0) is 55.5 Å². The van der Waals surface area contributed by atoms with Crippen LogP contribution in [0.1, 0.15) is 29.3 Å². The maximum absolute atomic E-state index is 12.8. The first-order valence-electron chi connectivity index (χ1n) is 9.65. The fourth-order valence-electron chi connectivity index (χ4n) is 2.86. The van der Waals surface area contributed by atoms with Crippen LogP contribution in [0.4, 0.5) is 0 Å². The number of hydrogen-bond donors (Lipinski definition) is 0. The third-order valence-corrected chi connectivity index (χ3v) is 4.49. The molecule has 0 aliphatic heterocycles. The van der Waals surface area contributed by atoms with Gasteiger partial charge in [0, 0.05) is 5.56 Å². The second-order valence-electron chi connectivity index (χ2n) is 6.63. The molecule has 0 bridgehead atoms. The summed E-state index contributed by atoms with van der Waals surface area (Å²) in [6, 6.07) is 23.3. The smallest absolute Gasteiger partial charge is 0.342 e. The Morgan fingerprint density at radius 3 is 2.32 bits per heavy atom. The number of ether oxygens (including phenoxy) is 3. The molecule has 0 aliphatic carbocycles. The lowest BCUT2D eigenvalue weighted by Crippen LogP contribution is -2.10. The third-order valence-electron chi connectivity index (χ3n) is 4.49. The molecule has 4 rings (SSSR count). The summed E-state index contributed by atoms with van der Waals surface area (Å²) < 4.78 is 22.2. The predicted octanol–water partition coefficient (Wildman–Crippen LogP) is 5.46. The lowest BCUT2D eigenvalue weighted by atomic mass is 10.2. The van der Waals surface area contributed by atoms with Gasteiger partial charge in [0.05, 0.1) is 7.11 Å². The zero-order valence-electron chi connectivity index (χ0n) is 17.0. The number of esters is 1. The topological polar surface area (TPSA) is 83.7 Å². The number of carbonyl (C=O) groups is 1. The summed E-state index contributed by atoms with van der Waals surface area (Å²) in [4.78, 5) is 12.8. The highest BCUT2D eigenvalue weighted by atomic mass is 16.6. The second-order valence-corrected chi connectivity index (χ2v) is 6.63. The zero-order chi connectivity index (χ0) is 21.6. The van der Waals surface area contributed by atoms with E-state index in [0.29, 0.717) is 23.0 Å². The molecule has 0 aliphatic rings. The van der Waals surface area contributed by atoms with Gasteiger partial charge in [-0.15, -0.1) is 10.2 Å².